The molecule has 0 spiro atoms. The zero-order valence-electron chi connectivity index (χ0n) is 13.1. The third kappa shape index (κ3) is 7.80. The van der Waals surface area contributed by atoms with Gasteiger partial charge in [0.2, 0.25) is 11.8 Å². The van der Waals surface area contributed by atoms with Crippen LogP contribution in [0.5, 0.6) is 0 Å². The fourth-order valence-corrected chi connectivity index (χ4v) is 2.25. The number of halogens is 1. The number of hydrogen-bond acceptors (Lipinski definition) is 3. The number of primary amides is 1. The second-order valence-corrected chi connectivity index (χ2v) is 6.31. The Kier molecular flexibility index (Phi) is 7.77. The van der Waals surface area contributed by atoms with Crippen LogP contribution in [0.15, 0.2) is 24.3 Å². The van der Waals surface area contributed by atoms with Crippen molar-refractivity contribution < 1.29 is 9.59 Å². The summed E-state index contributed by atoms with van der Waals surface area (Å²) in [7, 11) is 0. The molecule has 0 saturated heterocycles. The Bertz CT molecular complexity index is 580. The molecule has 0 heterocycles. The van der Waals surface area contributed by atoms with Gasteiger partial charge in [0.15, 0.2) is 5.11 Å². The van der Waals surface area contributed by atoms with Crippen molar-refractivity contribution in [2.24, 2.45) is 11.7 Å². The van der Waals surface area contributed by atoms with E-state index in [4.69, 9.17) is 29.6 Å². The molecular formula is C15H21ClN4O2S. The quantitative estimate of drug-likeness (QED) is 0.557. The van der Waals surface area contributed by atoms with Crippen LogP contribution in [0.25, 0.3) is 0 Å². The standard InChI is InChI=1S/C15H21ClN4O2S/c1-9(2)6-12(14(17)22)20-13(21)8-18-15(23)19-11-5-3-4-10(16)7-11/h3-5,7,9,12H,6,8H2,1-2H3,(H2,17,22)(H,20,21)(H2,18,19,23). The molecule has 1 aromatic carbocycles. The average Bonchev–Trinajstić information content (AvgIpc) is 2.44. The first kappa shape index (κ1) is 19.2. The predicted octanol–water partition coefficient (Wildman–Crippen LogP) is 1.64. The van der Waals surface area contributed by atoms with Crippen LogP contribution in [0.1, 0.15) is 20.3 Å². The maximum absolute atomic E-state index is 11.9. The highest BCUT2D eigenvalue weighted by atomic mass is 35.5. The van der Waals surface area contributed by atoms with Crippen molar-refractivity contribution in [3.8, 4) is 0 Å². The van der Waals surface area contributed by atoms with Crippen molar-refractivity contribution >= 4 is 46.4 Å². The Hall–Kier alpha value is -1.86. The SMILES string of the molecule is CC(C)CC(NC(=O)CNC(=S)Nc1cccc(Cl)c1)C(N)=O. The summed E-state index contributed by atoms with van der Waals surface area (Å²) >= 11 is 11.0. The number of nitrogens with two attached hydrogens (primary N) is 1. The van der Waals surface area contributed by atoms with Gasteiger partial charge in [0.05, 0.1) is 6.54 Å². The number of carbonyl (C=O) groups excluding carboxylic acids is 2. The lowest BCUT2D eigenvalue weighted by Crippen LogP contribution is -2.48. The van der Waals surface area contributed by atoms with Crippen LogP contribution in [-0.4, -0.2) is 29.5 Å². The molecule has 0 bridgehead atoms. The molecule has 0 saturated carbocycles. The Morgan fingerprint density at radius 1 is 1.35 bits per heavy atom. The first-order valence-corrected chi connectivity index (χ1v) is 7.95. The minimum atomic E-state index is -0.682. The Balaban J connectivity index is 2.42. The van der Waals surface area contributed by atoms with E-state index in [9.17, 15) is 9.59 Å². The zero-order valence-corrected chi connectivity index (χ0v) is 14.6. The van der Waals surface area contributed by atoms with Gasteiger partial charge < -0.3 is 21.7 Å². The molecule has 0 aromatic heterocycles. The lowest BCUT2D eigenvalue weighted by molar-refractivity contribution is -0.127. The summed E-state index contributed by atoms with van der Waals surface area (Å²) in [6.07, 6.45) is 0.492. The molecule has 8 heteroatoms. The van der Waals surface area contributed by atoms with Gasteiger partial charge in [-0.3, -0.25) is 9.59 Å². The molecule has 0 fully saturated rings. The van der Waals surface area contributed by atoms with E-state index in [1.54, 1.807) is 24.3 Å². The van der Waals surface area contributed by atoms with Crippen molar-refractivity contribution in [2.45, 2.75) is 26.3 Å². The van der Waals surface area contributed by atoms with E-state index in [0.717, 1.165) is 0 Å². The van der Waals surface area contributed by atoms with E-state index in [1.165, 1.54) is 0 Å². The summed E-state index contributed by atoms with van der Waals surface area (Å²) in [4.78, 5) is 23.2. The normalized spacial score (nSPS) is 11.7. The van der Waals surface area contributed by atoms with Crippen molar-refractivity contribution in [2.75, 3.05) is 11.9 Å². The number of hydrogen-bond donors (Lipinski definition) is 4. The molecule has 1 aromatic rings. The highest BCUT2D eigenvalue weighted by molar-refractivity contribution is 7.80. The first-order valence-electron chi connectivity index (χ1n) is 7.17. The van der Waals surface area contributed by atoms with Crippen LogP contribution in [0.4, 0.5) is 5.69 Å². The summed E-state index contributed by atoms with van der Waals surface area (Å²) in [5.41, 5.74) is 5.99. The van der Waals surface area contributed by atoms with Crippen LogP contribution in [0.3, 0.4) is 0 Å². The second kappa shape index (κ2) is 9.32. The molecule has 1 unspecified atom stereocenters. The highest BCUT2D eigenvalue weighted by Crippen LogP contribution is 2.14. The molecular weight excluding hydrogens is 336 g/mol. The number of anilines is 1. The third-order valence-electron chi connectivity index (χ3n) is 2.88. The maximum atomic E-state index is 11.9. The molecule has 23 heavy (non-hydrogen) atoms. The molecule has 1 rings (SSSR count). The number of thiocarbonyl (C=S) groups is 1. The Morgan fingerprint density at radius 3 is 2.61 bits per heavy atom. The van der Waals surface area contributed by atoms with Crippen molar-refractivity contribution in [1.29, 1.82) is 0 Å². The number of nitrogens with one attached hydrogen (secondary N) is 3. The second-order valence-electron chi connectivity index (χ2n) is 5.47. The van der Waals surface area contributed by atoms with Crippen LogP contribution < -0.4 is 21.7 Å². The maximum Gasteiger partial charge on any atom is 0.240 e. The molecule has 0 aliphatic heterocycles. The van der Waals surface area contributed by atoms with Gasteiger partial charge in [-0.1, -0.05) is 31.5 Å². The smallest absolute Gasteiger partial charge is 0.240 e. The highest BCUT2D eigenvalue weighted by Gasteiger charge is 2.19. The summed E-state index contributed by atoms with van der Waals surface area (Å²) in [5.74, 6) is -0.664. The third-order valence-corrected chi connectivity index (χ3v) is 3.36. The molecule has 0 radical (unpaired) electrons. The monoisotopic (exact) mass is 356 g/mol. The van der Waals surface area contributed by atoms with Crippen LogP contribution in [0, 0.1) is 5.92 Å². The average molecular weight is 357 g/mol. The molecule has 5 N–H and O–H groups in total. The molecule has 0 aliphatic rings. The zero-order chi connectivity index (χ0) is 17.4. The van der Waals surface area contributed by atoms with E-state index in [-0.39, 0.29) is 23.5 Å². The molecule has 2 amide bonds. The van der Waals surface area contributed by atoms with Gasteiger partial charge in [0.1, 0.15) is 6.04 Å². The largest absolute Gasteiger partial charge is 0.368 e. The molecule has 1 atom stereocenters. The first-order chi connectivity index (χ1) is 10.8. The summed E-state index contributed by atoms with van der Waals surface area (Å²) in [5, 5.41) is 9.12. The fourth-order valence-electron chi connectivity index (χ4n) is 1.87. The van der Waals surface area contributed by atoms with Gasteiger partial charge in [-0.05, 0) is 42.8 Å². The fraction of sp³-hybridized carbons (Fsp3) is 0.400. The molecule has 0 aliphatic carbocycles. The van der Waals surface area contributed by atoms with Crippen LogP contribution >= 0.6 is 23.8 Å². The Labute approximate surface area is 146 Å². The van der Waals surface area contributed by atoms with Crippen molar-refractivity contribution in [3.63, 3.8) is 0 Å². The van der Waals surface area contributed by atoms with Crippen molar-refractivity contribution in [3.05, 3.63) is 29.3 Å². The van der Waals surface area contributed by atoms with E-state index < -0.39 is 11.9 Å². The van der Waals surface area contributed by atoms with Gasteiger partial charge in [0.25, 0.3) is 0 Å². The van der Waals surface area contributed by atoms with Gasteiger partial charge >= 0.3 is 0 Å². The van der Waals surface area contributed by atoms with Gasteiger partial charge in [0, 0.05) is 10.7 Å². The number of rotatable bonds is 7. The van der Waals surface area contributed by atoms with E-state index >= 15 is 0 Å². The topological polar surface area (TPSA) is 96.2 Å². The lowest BCUT2D eigenvalue weighted by Gasteiger charge is -2.18. The molecule has 126 valence electrons. The Morgan fingerprint density at radius 2 is 2.04 bits per heavy atom. The number of amides is 2. The minimum absolute atomic E-state index is 0.0612. The summed E-state index contributed by atoms with van der Waals surface area (Å²) in [6.45, 7) is 3.84. The van der Waals surface area contributed by atoms with Crippen LogP contribution in [0.2, 0.25) is 5.02 Å². The summed E-state index contributed by atoms with van der Waals surface area (Å²) < 4.78 is 0. The summed E-state index contributed by atoms with van der Waals surface area (Å²) in [6, 6.07) is 6.35. The lowest BCUT2D eigenvalue weighted by atomic mass is 10.0. The van der Waals surface area contributed by atoms with Gasteiger partial charge in [-0.25, -0.2) is 0 Å². The predicted molar refractivity (Wildman–Crippen MR) is 96.3 cm³/mol. The minimum Gasteiger partial charge on any atom is -0.368 e. The van der Waals surface area contributed by atoms with E-state index in [2.05, 4.69) is 16.0 Å². The van der Waals surface area contributed by atoms with Gasteiger partial charge in [-0.15, -0.1) is 0 Å². The van der Waals surface area contributed by atoms with Crippen molar-refractivity contribution in [1.82, 2.24) is 10.6 Å². The molecule has 6 nitrogen and oxygen atoms in total. The number of benzene rings is 1. The van der Waals surface area contributed by atoms with Crippen LogP contribution in [-0.2, 0) is 9.59 Å². The van der Waals surface area contributed by atoms with E-state index in [1.807, 2.05) is 13.8 Å². The van der Waals surface area contributed by atoms with E-state index in [0.29, 0.717) is 17.1 Å². The number of carbonyl (C=O) groups is 2. The van der Waals surface area contributed by atoms with Gasteiger partial charge in [-0.2, -0.15) is 0 Å².